The molecule has 0 aliphatic carbocycles. The lowest BCUT2D eigenvalue weighted by molar-refractivity contribution is -0.132. The average Bonchev–Trinajstić information content (AvgIpc) is 3.41. The molecule has 0 bridgehead atoms. The number of carbonyl (C=O) groups is 1. The van der Waals surface area contributed by atoms with Crippen molar-refractivity contribution in [2.24, 2.45) is 0 Å². The zero-order valence-corrected chi connectivity index (χ0v) is 14.9. The van der Waals surface area contributed by atoms with Crippen molar-refractivity contribution in [1.82, 2.24) is 14.7 Å². The molecule has 1 aliphatic rings. The van der Waals surface area contributed by atoms with Crippen LogP contribution < -0.4 is 0 Å². The first-order valence-electron chi connectivity index (χ1n) is 8.72. The fourth-order valence-electron chi connectivity index (χ4n) is 3.48. The standard InChI is InChI=1S/C20H21N3OS/c24-20(22-11-4-7-19(22)17-10-12-25-15-17)9-8-16-13-21-23(14-16)18-5-2-1-3-6-18/h1-3,5-6,10,12-15,19H,4,7-9,11H2/t19-/m0/s1. The van der Waals surface area contributed by atoms with Crippen LogP contribution in [0.5, 0.6) is 0 Å². The van der Waals surface area contributed by atoms with Gasteiger partial charge < -0.3 is 4.90 Å². The first-order valence-corrected chi connectivity index (χ1v) is 9.66. The van der Waals surface area contributed by atoms with Gasteiger partial charge in [0.15, 0.2) is 0 Å². The summed E-state index contributed by atoms with van der Waals surface area (Å²) in [5, 5.41) is 8.67. The molecule has 0 radical (unpaired) electrons. The van der Waals surface area contributed by atoms with Crippen LogP contribution in [0, 0.1) is 0 Å². The van der Waals surface area contributed by atoms with E-state index in [1.165, 1.54) is 5.56 Å². The van der Waals surface area contributed by atoms with E-state index in [4.69, 9.17) is 0 Å². The van der Waals surface area contributed by atoms with Gasteiger partial charge in [0.1, 0.15) is 0 Å². The van der Waals surface area contributed by atoms with Crippen LogP contribution in [0.2, 0.25) is 0 Å². The fourth-order valence-corrected chi connectivity index (χ4v) is 4.19. The Labute approximate surface area is 151 Å². The summed E-state index contributed by atoms with van der Waals surface area (Å²) in [4.78, 5) is 14.8. The zero-order valence-electron chi connectivity index (χ0n) is 14.0. The quantitative estimate of drug-likeness (QED) is 0.690. The molecule has 3 aromatic rings. The molecule has 5 heteroatoms. The SMILES string of the molecule is O=C(CCc1cnn(-c2ccccc2)c1)N1CCC[C@H]1c1ccsc1. The van der Waals surface area contributed by atoms with Crippen molar-refractivity contribution < 1.29 is 4.79 Å². The Morgan fingerprint density at radius 3 is 2.92 bits per heavy atom. The monoisotopic (exact) mass is 351 g/mol. The molecule has 0 spiro atoms. The third kappa shape index (κ3) is 3.51. The van der Waals surface area contributed by atoms with Crippen molar-refractivity contribution in [3.05, 3.63) is 70.7 Å². The maximum atomic E-state index is 12.7. The number of rotatable bonds is 5. The molecule has 1 atom stereocenters. The summed E-state index contributed by atoms with van der Waals surface area (Å²) in [6, 6.07) is 12.5. The van der Waals surface area contributed by atoms with Gasteiger partial charge in [-0.2, -0.15) is 16.4 Å². The molecule has 3 heterocycles. The van der Waals surface area contributed by atoms with Gasteiger partial charge in [-0.05, 0) is 59.3 Å². The van der Waals surface area contributed by atoms with Crippen molar-refractivity contribution in [1.29, 1.82) is 0 Å². The lowest BCUT2D eigenvalue weighted by Gasteiger charge is -2.24. The molecule has 0 saturated carbocycles. The van der Waals surface area contributed by atoms with Crippen molar-refractivity contribution in [2.75, 3.05) is 6.54 Å². The molecule has 0 unspecified atom stereocenters. The van der Waals surface area contributed by atoms with E-state index in [1.807, 2.05) is 47.4 Å². The second-order valence-electron chi connectivity index (χ2n) is 6.43. The highest BCUT2D eigenvalue weighted by atomic mass is 32.1. The molecular weight excluding hydrogens is 330 g/mol. The van der Waals surface area contributed by atoms with Gasteiger partial charge in [-0.3, -0.25) is 4.79 Å². The van der Waals surface area contributed by atoms with Crippen LogP contribution >= 0.6 is 11.3 Å². The highest BCUT2D eigenvalue weighted by molar-refractivity contribution is 7.07. The first kappa shape index (κ1) is 16.1. The largest absolute Gasteiger partial charge is 0.336 e. The Kier molecular flexibility index (Phi) is 4.65. The van der Waals surface area contributed by atoms with Gasteiger partial charge >= 0.3 is 0 Å². The maximum Gasteiger partial charge on any atom is 0.223 e. The fraction of sp³-hybridized carbons (Fsp3) is 0.300. The highest BCUT2D eigenvalue weighted by Gasteiger charge is 2.29. The zero-order chi connectivity index (χ0) is 17.1. The van der Waals surface area contributed by atoms with Gasteiger partial charge in [-0.25, -0.2) is 4.68 Å². The van der Waals surface area contributed by atoms with Crippen molar-refractivity contribution in [3.8, 4) is 5.69 Å². The van der Waals surface area contributed by atoms with Gasteiger partial charge in [0.05, 0.1) is 17.9 Å². The number of thiophene rings is 1. The number of carbonyl (C=O) groups excluding carboxylic acids is 1. The number of aryl methyl sites for hydroxylation is 1. The highest BCUT2D eigenvalue weighted by Crippen LogP contribution is 2.33. The molecule has 4 rings (SSSR count). The summed E-state index contributed by atoms with van der Waals surface area (Å²) in [5.74, 6) is 0.251. The molecular formula is C20H21N3OS. The third-order valence-corrected chi connectivity index (χ3v) is 5.49. The van der Waals surface area contributed by atoms with Gasteiger partial charge in [0.2, 0.25) is 5.91 Å². The van der Waals surface area contributed by atoms with E-state index in [0.29, 0.717) is 6.42 Å². The van der Waals surface area contributed by atoms with E-state index < -0.39 is 0 Å². The first-order chi connectivity index (χ1) is 12.3. The number of likely N-dealkylation sites (tertiary alicyclic amines) is 1. The summed E-state index contributed by atoms with van der Waals surface area (Å²) in [6.45, 7) is 0.878. The molecule has 0 N–H and O–H groups in total. The third-order valence-electron chi connectivity index (χ3n) is 4.79. The summed E-state index contributed by atoms with van der Waals surface area (Å²) in [5.41, 5.74) is 3.42. The Morgan fingerprint density at radius 2 is 2.12 bits per heavy atom. The Hall–Kier alpha value is -2.40. The summed E-state index contributed by atoms with van der Waals surface area (Å²) in [7, 11) is 0. The Bertz CT molecular complexity index is 826. The van der Waals surface area contributed by atoms with E-state index in [2.05, 4.69) is 26.8 Å². The molecule has 1 aromatic carbocycles. The molecule has 128 valence electrons. The van der Waals surface area contributed by atoms with Crippen LogP contribution in [0.1, 0.15) is 36.4 Å². The normalized spacial score (nSPS) is 17.1. The lowest BCUT2D eigenvalue weighted by atomic mass is 10.1. The van der Waals surface area contributed by atoms with Crippen LogP contribution in [-0.2, 0) is 11.2 Å². The molecule has 2 aromatic heterocycles. The molecule has 1 saturated heterocycles. The number of amides is 1. The van der Waals surface area contributed by atoms with Crippen LogP contribution in [0.4, 0.5) is 0 Å². The smallest absolute Gasteiger partial charge is 0.223 e. The van der Waals surface area contributed by atoms with Crippen LogP contribution in [0.25, 0.3) is 5.69 Å². The predicted molar refractivity (Wildman–Crippen MR) is 99.9 cm³/mol. The van der Waals surface area contributed by atoms with Crippen LogP contribution in [0.3, 0.4) is 0 Å². The number of para-hydroxylation sites is 1. The maximum absolute atomic E-state index is 12.7. The van der Waals surface area contributed by atoms with Crippen molar-refractivity contribution in [2.45, 2.75) is 31.7 Å². The van der Waals surface area contributed by atoms with E-state index in [1.54, 1.807) is 11.3 Å². The number of hydrogen-bond acceptors (Lipinski definition) is 3. The molecule has 25 heavy (non-hydrogen) atoms. The predicted octanol–water partition coefficient (Wildman–Crippen LogP) is 4.23. The second-order valence-corrected chi connectivity index (χ2v) is 7.21. The van der Waals surface area contributed by atoms with Crippen molar-refractivity contribution >= 4 is 17.2 Å². The van der Waals surface area contributed by atoms with E-state index in [0.717, 1.165) is 37.1 Å². The lowest BCUT2D eigenvalue weighted by Crippen LogP contribution is -2.30. The summed E-state index contributed by atoms with van der Waals surface area (Å²) >= 11 is 1.70. The topological polar surface area (TPSA) is 38.1 Å². The summed E-state index contributed by atoms with van der Waals surface area (Å²) in [6.07, 6.45) is 7.33. The minimum absolute atomic E-state index is 0.251. The van der Waals surface area contributed by atoms with E-state index in [9.17, 15) is 4.79 Å². The molecule has 1 fully saturated rings. The van der Waals surface area contributed by atoms with E-state index in [-0.39, 0.29) is 11.9 Å². The molecule has 1 amide bonds. The van der Waals surface area contributed by atoms with Crippen LogP contribution in [0.15, 0.2) is 59.6 Å². The summed E-state index contributed by atoms with van der Waals surface area (Å²) < 4.78 is 1.86. The number of nitrogens with zero attached hydrogens (tertiary/aromatic N) is 3. The van der Waals surface area contributed by atoms with Crippen molar-refractivity contribution in [3.63, 3.8) is 0 Å². The van der Waals surface area contributed by atoms with Gasteiger partial charge in [0, 0.05) is 19.2 Å². The Morgan fingerprint density at radius 1 is 1.24 bits per heavy atom. The average molecular weight is 351 g/mol. The molecule has 4 nitrogen and oxygen atoms in total. The van der Waals surface area contributed by atoms with E-state index >= 15 is 0 Å². The number of hydrogen-bond donors (Lipinski definition) is 0. The van der Waals surface area contributed by atoms with Gasteiger partial charge in [-0.15, -0.1) is 0 Å². The minimum atomic E-state index is 0.251. The molecule has 1 aliphatic heterocycles. The minimum Gasteiger partial charge on any atom is -0.336 e. The van der Waals surface area contributed by atoms with Gasteiger partial charge in [-0.1, -0.05) is 18.2 Å². The van der Waals surface area contributed by atoms with Crippen LogP contribution in [-0.4, -0.2) is 27.1 Å². The Balaban J connectivity index is 1.38. The second kappa shape index (κ2) is 7.23. The number of aromatic nitrogens is 2. The number of benzene rings is 1. The van der Waals surface area contributed by atoms with Gasteiger partial charge in [0.25, 0.3) is 0 Å².